The zero-order chi connectivity index (χ0) is 14.7. The molecule has 5 heteroatoms. The van der Waals surface area contributed by atoms with Crippen LogP contribution >= 0.6 is 15.9 Å². The van der Waals surface area contributed by atoms with Gasteiger partial charge in [-0.2, -0.15) is 0 Å². The lowest BCUT2D eigenvalue weighted by Crippen LogP contribution is -2.12. The number of methoxy groups -OCH3 is 1. The van der Waals surface area contributed by atoms with E-state index in [4.69, 9.17) is 4.74 Å². The van der Waals surface area contributed by atoms with Gasteiger partial charge >= 0.3 is 0 Å². The zero-order valence-corrected chi connectivity index (χ0v) is 12.7. The second kappa shape index (κ2) is 5.96. The van der Waals surface area contributed by atoms with E-state index in [9.17, 15) is 9.90 Å². The number of hydrogen-bond acceptors (Lipinski definition) is 3. The van der Waals surface area contributed by atoms with E-state index in [1.54, 1.807) is 12.1 Å². The van der Waals surface area contributed by atoms with E-state index in [1.807, 2.05) is 25.1 Å². The molecule has 0 aliphatic rings. The molecule has 0 spiro atoms. The van der Waals surface area contributed by atoms with Crippen molar-refractivity contribution in [3.63, 3.8) is 0 Å². The average molecular weight is 336 g/mol. The summed E-state index contributed by atoms with van der Waals surface area (Å²) in [6, 6.07) is 10.2. The van der Waals surface area contributed by atoms with Gasteiger partial charge in [-0.1, -0.05) is 6.07 Å². The molecule has 2 rings (SSSR count). The first-order valence-electron chi connectivity index (χ1n) is 5.96. The Morgan fingerprint density at radius 3 is 2.60 bits per heavy atom. The summed E-state index contributed by atoms with van der Waals surface area (Å²) in [5.74, 6) is -0.0336. The topological polar surface area (TPSA) is 58.6 Å². The van der Waals surface area contributed by atoms with Crippen molar-refractivity contribution in [1.82, 2.24) is 0 Å². The van der Waals surface area contributed by atoms with Gasteiger partial charge in [-0.3, -0.25) is 4.79 Å². The summed E-state index contributed by atoms with van der Waals surface area (Å²) in [6.45, 7) is 1.97. The highest BCUT2D eigenvalue weighted by atomic mass is 79.9. The molecule has 0 heterocycles. The predicted octanol–water partition coefficient (Wildman–Crippen LogP) is 3.72. The first-order chi connectivity index (χ1) is 9.51. The van der Waals surface area contributed by atoms with Crippen molar-refractivity contribution in [3.05, 3.63) is 52.0 Å². The number of nitrogens with one attached hydrogen (secondary N) is 1. The molecule has 0 bridgehead atoms. The molecule has 2 aromatic rings. The standard InChI is InChI=1S/C15H14BrNO3/c1-9-3-5-12(11(16)7-9)17-15(19)10-4-6-14(20-2)13(18)8-10/h3-8,18H,1-2H3,(H,17,19). The molecular weight excluding hydrogens is 322 g/mol. The summed E-state index contributed by atoms with van der Waals surface area (Å²) in [6.07, 6.45) is 0. The molecule has 0 saturated heterocycles. The molecule has 20 heavy (non-hydrogen) atoms. The van der Waals surface area contributed by atoms with Gasteiger partial charge in [0, 0.05) is 10.0 Å². The van der Waals surface area contributed by atoms with Crippen molar-refractivity contribution in [2.75, 3.05) is 12.4 Å². The molecule has 104 valence electrons. The molecular formula is C15H14BrNO3. The number of benzene rings is 2. The number of carbonyl (C=O) groups excluding carboxylic acids is 1. The van der Waals surface area contributed by atoms with E-state index in [-0.39, 0.29) is 11.7 Å². The summed E-state index contributed by atoms with van der Waals surface area (Å²) in [4.78, 5) is 12.1. The molecule has 0 unspecified atom stereocenters. The van der Waals surface area contributed by atoms with E-state index < -0.39 is 0 Å². The van der Waals surface area contributed by atoms with Crippen molar-refractivity contribution in [1.29, 1.82) is 0 Å². The third-order valence-corrected chi connectivity index (χ3v) is 3.47. The van der Waals surface area contributed by atoms with Crippen LogP contribution in [0.2, 0.25) is 0 Å². The van der Waals surface area contributed by atoms with E-state index in [0.717, 1.165) is 10.0 Å². The third-order valence-electron chi connectivity index (χ3n) is 2.81. The van der Waals surface area contributed by atoms with Crippen LogP contribution in [0.4, 0.5) is 5.69 Å². The predicted molar refractivity (Wildman–Crippen MR) is 81.5 cm³/mol. The van der Waals surface area contributed by atoms with Crippen LogP contribution in [0.15, 0.2) is 40.9 Å². The van der Waals surface area contributed by atoms with Crippen LogP contribution in [0.5, 0.6) is 11.5 Å². The third kappa shape index (κ3) is 3.11. The summed E-state index contributed by atoms with van der Waals surface area (Å²) in [5.41, 5.74) is 2.13. The molecule has 0 atom stereocenters. The number of amides is 1. The van der Waals surface area contributed by atoms with Gasteiger partial charge in [0.2, 0.25) is 0 Å². The summed E-state index contributed by atoms with van der Waals surface area (Å²) < 4.78 is 5.75. The molecule has 2 aromatic carbocycles. The molecule has 2 N–H and O–H groups in total. The SMILES string of the molecule is COc1ccc(C(=O)Nc2ccc(C)cc2Br)cc1O. The van der Waals surface area contributed by atoms with Crippen LogP contribution in [0.3, 0.4) is 0 Å². The van der Waals surface area contributed by atoms with Crippen LogP contribution in [0.25, 0.3) is 0 Å². The Labute approximate surface area is 125 Å². The molecule has 1 amide bonds. The number of phenols is 1. The van der Waals surface area contributed by atoms with Crippen LogP contribution in [-0.4, -0.2) is 18.1 Å². The highest BCUT2D eigenvalue weighted by molar-refractivity contribution is 9.10. The molecule has 4 nitrogen and oxygen atoms in total. The maximum Gasteiger partial charge on any atom is 0.255 e. The van der Waals surface area contributed by atoms with Gasteiger partial charge in [0.05, 0.1) is 12.8 Å². The van der Waals surface area contributed by atoms with E-state index >= 15 is 0 Å². The van der Waals surface area contributed by atoms with Gasteiger partial charge in [-0.25, -0.2) is 0 Å². The van der Waals surface area contributed by atoms with Crippen LogP contribution in [-0.2, 0) is 0 Å². The van der Waals surface area contributed by atoms with Crippen molar-refractivity contribution < 1.29 is 14.6 Å². The first kappa shape index (κ1) is 14.4. The largest absolute Gasteiger partial charge is 0.504 e. The number of ether oxygens (including phenoxy) is 1. The van der Waals surface area contributed by atoms with Crippen molar-refractivity contribution in [2.24, 2.45) is 0 Å². The summed E-state index contributed by atoms with van der Waals surface area (Å²) >= 11 is 3.40. The number of carbonyl (C=O) groups is 1. The quantitative estimate of drug-likeness (QED) is 0.898. The van der Waals surface area contributed by atoms with Crippen LogP contribution < -0.4 is 10.1 Å². The first-order valence-corrected chi connectivity index (χ1v) is 6.75. The number of aryl methyl sites for hydroxylation is 1. The highest BCUT2D eigenvalue weighted by Crippen LogP contribution is 2.28. The number of aromatic hydroxyl groups is 1. The molecule has 0 fully saturated rings. The van der Waals surface area contributed by atoms with E-state index in [0.29, 0.717) is 17.0 Å². The Morgan fingerprint density at radius 1 is 1.25 bits per heavy atom. The normalized spacial score (nSPS) is 10.2. The monoisotopic (exact) mass is 335 g/mol. The van der Waals surface area contributed by atoms with E-state index in [2.05, 4.69) is 21.2 Å². The number of rotatable bonds is 3. The van der Waals surface area contributed by atoms with Crippen LogP contribution in [0.1, 0.15) is 15.9 Å². The fraction of sp³-hybridized carbons (Fsp3) is 0.133. The molecule has 0 saturated carbocycles. The number of halogens is 1. The molecule has 0 aliphatic heterocycles. The number of hydrogen-bond donors (Lipinski definition) is 2. The second-order valence-corrected chi connectivity index (χ2v) is 5.18. The minimum atomic E-state index is -0.299. The zero-order valence-electron chi connectivity index (χ0n) is 11.1. The maximum absolute atomic E-state index is 12.1. The minimum Gasteiger partial charge on any atom is -0.504 e. The lowest BCUT2D eigenvalue weighted by atomic mass is 10.1. The Balaban J connectivity index is 2.21. The van der Waals surface area contributed by atoms with Gasteiger partial charge < -0.3 is 15.2 Å². The summed E-state index contributed by atoms with van der Waals surface area (Å²) in [7, 11) is 1.46. The van der Waals surface area contributed by atoms with E-state index in [1.165, 1.54) is 13.2 Å². The lowest BCUT2D eigenvalue weighted by molar-refractivity contribution is 0.102. The minimum absolute atomic E-state index is 0.0666. The summed E-state index contributed by atoms with van der Waals surface area (Å²) in [5, 5.41) is 12.5. The molecule has 0 aliphatic carbocycles. The lowest BCUT2D eigenvalue weighted by Gasteiger charge is -2.09. The number of phenolic OH excluding ortho intramolecular Hbond substituents is 1. The van der Waals surface area contributed by atoms with Gasteiger partial charge in [-0.05, 0) is 58.7 Å². The van der Waals surface area contributed by atoms with Crippen molar-refractivity contribution >= 4 is 27.5 Å². The van der Waals surface area contributed by atoms with Crippen molar-refractivity contribution in [3.8, 4) is 11.5 Å². The average Bonchev–Trinajstić information content (AvgIpc) is 2.41. The Kier molecular flexibility index (Phi) is 4.29. The van der Waals surface area contributed by atoms with Gasteiger partial charge in [0.1, 0.15) is 0 Å². The Bertz CT molecular complexity index is 656. The van der Waals surface area contributed by atoms with Crippen LogP contribution in [0, 0.1) is 6.92 Å². The fourth-order valence-electron chi connectivity index (χ4n) is 1.75. The molecule has 0 radical (unpaired) electrons. The van der Waals surface area contributed by atoms with Gasteiger partial charge in [0.15, 0.2) is 11.5 Å². The number of anilines is 1. The fourth-order valence-corrected chi connectivity index (χ4v) is 2.34. The van der Waals surface area contributed by atoms with Gasteiger partial charge in [0.25, 0.3) is 5.91 Å². The maximum atomic E-state index is 12.1. The Morgan fingerprint density at radius 2 is 2.00 bits per heavy atom. The highest BCUT2D eigenvalue weighted by Gasteiger charge is 2.11. The molecule has 0 aromatic heterocycles. The van der Waals surface area contributed by atoms with Gasteiger partial charge in [-0.15, -0.1) is 0 Å². The Hall–Kier alpha value is -2.01. The van der Waals surface area contributed by atoms with Crippen molar-refractivity contribution in [2.45, 2.75) is 6.92 Å². The second-order valence-electron chi connectivity index (χ2n) is 4.32. The smallest absolute Gasteiger partial charge is 0.255 e.